The summed E-state index contributed by atoms with van der Waals surface area (Å²) in [6.45, 7) is 0. The maximum atomic E-state index is 14.2. The summed E-state index contributed by atoms with van der Waals surface area (Å²) in [6, 6.07) is 12.9. The molecular formula is C15H12FN3OS. The molecule has 0 bridgehead atoms. The van der Waals surface area contributed by atoms with E-state index in [9.17, 15) is 9.18 Å². The third-order valence-electron chi connectivity index (χ3n) is 3.07. The van der Waals surface area contributed by atoms with E-state index in [0.29, 0.717) is 15.2 Å². The van der Waals surface area contributed by atoms with Crippen LogP contribution < -0.4 is 11.3 Å². The van der Waals surface area contributed by atoms with Gasteiger partial charge in [-0.2, -0.15) is 0 Å². The molecule has 0 saturated carbocycles. The Morgan fingerprint density at radius 1 is 1.24 bits per heavy atom. The molecule has 0 aliphatic carbocycles. The Balaban J connectivity index is 2.05. The number of nitrogens with zero attached hydrogens (tertiary/aromatic N) is 1. The molecule has 0 radical (unpaired) electrons. The van der Waals surface area contributed by atoms with Crippen molar-refractivity contribution in [2.45, 2.75) is 6.42 Å². The van der Waals surface area contributed by atoms with Gasteiger partial charge in [-0.3, -0.25) is 10.2 Å². The molecule has 0 aliphatic rings. The molecule has 21 heavy (non-hydrogen) atoms. The van der Waals surface area contributed by atoms with E-state index in [-0.39, 0.29) is 18.1 Å². The number of hydrazine groups is 1. The van der Waals surface area contributed by atoms with Crippen molar-refractivity contribution >= 4 is 27.5 Å². The molecule has 1 heterocycles. The summed E-state index contributed by atoms with van der Waals surface area (Å²) in [5.74, 6) is 4.31. The van der Waals surface area contributed by atoms with Crippen LogP contribution in [0.15, 0.2) is 42.5 Å². The van der Waals surface area contributed by atoms with Crippen LogP contribution in [0.5, 0.6) is 0 Å². The van der Waals surface area contributed by atoms with Gasteiger partial charge in [0.15, 0.2) is 5.82 Å². The van der Waals surface area contributed by atoms with Crippen molar-refractivity contribution in [3.8, 4) is 11.1 Å². The Morgan fingerprint density at radius 2 is 2.00 bits per heavy atom. The summed E-state index contributed by atoms with van der Waals surface area (Å²) in [5, 5.41) is 0.539. The minimum atomic E-state index is -0.387. The molecular weight excluding hydrogens is 289 g/mol. The number of hydrogen-bond donors (Lipinski definition) is 2. The van der Waals surface area contributed by atoms with E-state index < -0.39 is 0 Å². The first-order valence-corrected chi connectivity index (χ1v) is 7.13. The number of nitrogens with two attached hydrogens (primary N) is 1. The molecule has 106 valence electrons. The van der Waals surface area contributed by atoms with Gasteiger partial charge in [0.1, 0.15) is 10.5 Å². The highest BCUT2D eigenvalue weighted by Gasteiger charge is 2.13. The lowest BCUT2D eigenvalue weighted by Gasteiger charge is -2.01. The highest BCUT2D eigenvalue weighted by atomic mass is 32.1. The molecule has 0 atom stereocenters. The van der Waals surface area contributed by atoms with Gasteiger partial charge in [-0.25, -0.2) is 15.2 Å². The highest BCUT2D eigenvalue weighted by Crippen LogP contribution is 2.30. The third-order valence-corrected chi connectivity index (χ3v) is 4.07. The SMILES string of the molecule is NNC(=O)Cc1nc2c(F)cc(-c3ccccc3)cc2s1. The van der Waals surface area contributed by atoms with Gasteiger partial charge in [0.05, 0.1) is 11.1 Å². The van der Waals surface area contributed by atoms with Crippen molar-refractivity contribution in [3.63, 3.8) is 0 Å². The van der Waals surface area contributed by atoms with Crippen molar-refractivity contribution in [3.05, 3.63) is 53.3 Å². The summed E-state index contributed by atoms with van der Waals surface area (Å²) < 4.78 is 14.9. The zero-order chi connectivity index (χ0) is 14.8. The lowest BCUT2D eigenvalue weighted by Crippen LogP contribution is -2.31. The van der Waals surface area contributed by atoms with E-state index in [1.54, 1.807) is 0 Å². The molecule has 1 aromatic heterocycles. The number of benzene rings is 2. The number of fused-ring (bicyclic) bond motifs is 1. The monoisotopic (exact) mass is 301 g/mol. The average molecular weight is 301 g/mol. The van der Waals surface area contributed by atoms with Crippen LogP contribution in [0, 0.1) is 5.82 Å². The largest absolute Gasteiger partial charge is 0.294 e. The molecule has 6 heteroatoms. The Labute approximate surface area is 124 Å². The molecule has 0 unspecified atom stereocenters. The van der Waals surface area contributed by atoms with E-state index in [1.807, 2.05) is 41.8 Å². The Kier molecular flexibility index (Phi) is 3.64. The van der Waals surface area contributed by atoms with E-state index in [4.69, 9.17) is 5.84 Å². The number of aromatic nitrogens is 1. The van der Waals surface area contributed by atoms with Crippen LogP contribution in [0.3, 0.4) is 0 Å². The quantitative estimate of drug-likeness (QED) is 0.444. The molecule has 1 amide bonds. The zero-order valence-corrected chi connectivity index (χ0v) is 11.8. The smallest absolute Gasteiger partial charge is 0.240 e. The number of nitrogens with one attached hydrogen (secondary N) is 1. The van der Waals surface area contributed by atoms with Crippen LogP contribution in [-0.2, 0) is 11.2 Å². The van der Waals surface area contributed by atoms with Crippen molar-refractivity contribution in [1.82, 2.24) is 10.4 Å². The standard InChI is InChI=1S/C15H12FN3OS/c16-11-6-10(9-4-2-1-3-5-9)7-12-15(11)18-14(21-12)8-13(20)19-17/h1-7H,8,17H2,(H,19,20). The predicted octanol–water partition coefficient (Wildman–Crippen LogP) is 2.63. The van der Waals surface area contributed by atoms with Crippen LogP contribution in [0.4, 0.5) is 4.39 Å². The molecule has 3 rings (SSSR count). The Bertz CT molecular complexity index is 801. The lowest BCUT2D eigenvalue weighted by atomic mass is 10.1. The van der Waals surface area contributed by atoms with Gasteiger partial charge in [-0.1, -0.05) is 30.3 Å². The summed E-state index contributed by atoms with van der Waals surface area (Å²) in [7, 11) is 0. The van der Waals surface area contributed by atoms with E-state index in [0.717, 1.165) is 11.1 Å². The number of amides is 1. The zero-order valence-electron chi connectivity index (χ0n) is 11.0. The first kappa shape index (κ1) is 13.7. The number of halogens is 1. The fourth-order valence-corrected chi connectivity index (χ4v) is 3.12. The summed E-state index contributed by atoms with van der Waals surface area (Å²) in [6.07, 6.45) is 0.0515. The molecule has 0 saturated heterocycles. The van der Waals surface area contributed by atoms with Gasteiger partial charge in [0.2, 0.25) is 5.91 Å². The second kappa shape index (κ2) is 5.59. The number of carbonyl (C=O) groups is 1. The summed E-state index contributed by atoms with van der Waals surface area (Å²) in [5.41, 5.74) is 4.06. The minimum absolute atomic E-state index is 0.0515. The van der Waals surface area contributed by atoms with Crippen molar-refractivity contribution in [2.75, 3.05) is 0 Å². The van der Waals surface area contributed by atoms with E-state index in [2.05, 4.69) is 4.98 Å². The van der Waals surface area contributed by atoms with Crippen LogP contribution >= 0.6 is 11.3 Å². The normalized spacial score (nSPS) is 10.8. The maximum absolute atomic E-state index is 14.2. The van der Waals surface area contributed by atoms with E-state index >= 15 is 0 Å². The van der Waals surface area contributed by atoms with Gasteiger partial charge in [0, 0.05) is 0 Å². The molecule has 4 nitrogen and oxygen atoms in total. The fraction of sp³-hybridized carbons (Fsp3) is 0.0667. The average Bonchev–Trinajstić information content (AvgIpc) is 2.91. The predicted molar refractivity (Wildman–Crippen MR) is 81.0 cm³/mol. The number of rotatable bonds is 3. The Hall–Kier alpha value is -2.31. The first-order chi connectivity index (χ1) is 10.2. The van der Waals surface area contributed by atoms with E-state index in [1.165, 1.54) is 17.4 Å². The lowest BCUT2D eigenvalue weighted by molar-refractivity contribution is -0.120. The van der Waals surface area contributed by atoms with Crippen molar-refractivity contribution in [1.29, 1.82) is 0 Å². The van der Waals surface area contributed by atoms with Crippen molar-refractivity contribution < 1.29 is 9.18 Å². The number of thiazole rings is 1. The van der Waals surface area contributed by atoms with Gasteiger partial charge in [0.25, 0.3) is 0 Å². The number of hydrogen-bond acceptors (Lipinski definition) is 4. The van der Waals surface area contributed by atoms with Gasteiger partial charge in [-0.05, 0) is 23.3 Å². The molecule has 3 aromatic rings. The van der Waals surface area contributed by atoms with Crippen molar-refractivity contribution in [2.24, 2.45) is 5.84 Å². The second-order valence-corrected chi connectivity index (χ2v) is 5.64. The second-order valence-electron chi connectivity index (χ2n) is 4.52. The van der Waals surface area contributed by atoms with Gasteiger partial charge < -0.3 is 0 Å². The summed E-state index contributed by atoms with van der Waals surface area (Å²) in [4.78, 5) is 15.4. The minimum Gasteiger partial charge on any atom is -0.294 e. The first-order valence-electron chi connectivity index (χ1n) is 6.31. The molecule has 3 N–H and O–H groups in total. The topological polar surface area (TPSA) is 68.0 Å². The maximum Gasteiger partial charge on any atom is 0.240 e. The molecule has 0 fully saturated rings. The molecule has 2 aromatic carbocycles. The van der Waals surface area contributed by atoms with Gasteiger partial charge in [-0.15, -0.1) is 11.3 Å². The Morgan fingerprint density at radius 3 is 2.71 bits per heavy atom. The van der Waals surface area contributed by atoms with Crippen LogP contribution in [-0.4, -0.2) is 10.9 Å². The van der Waals surface area contributed by atoms with Crippen LogP contribution in [0.1, 0.15) is 5.01 Å². The highest BCUT2D eigenvalue weighted by molar-refractivity contribution is 7.18. The fourth-order valence-electron chi connectivity index (χ4n) is 2.10. The molecule has 0 spiro atoms. The summed E-state index contributed by atoms with van der Waals surface area (Å²) >= 11 is 1.30. The number of carbonyl (C=O) groups excluding carboxylic acids is 1. The van der Waals surface area contributed by atoms with Crippen LogP contribution in [0.2, 0.25) is 0 Å². The third kappa shape index (κ3) is 2.76. The molecule has 0 aliphatic heterocycles. The van der Waals surface area contributed by atoms with Crippen LogP contribution in [0.25, 0.3) is 21.3 Å². The van der Waals surface area contributed by atoms with Gasteiger partial charge >= 0.3 is 0 Å².